The van der Waals surface area contributed by atoms with Crippen molar-refractivity contribution >= 4 is 17.9 Å². The molecule has 0 spiro atoms. The molecule has 0 atom stereocenters. The van der Waals surface area contributed by atoms with Gasteiger partial charge in [-0.2, -0.15) is 0 Å². The summed E-state index contributed by atoms with van der Waals surface area (Å²) in [6, 6.07) is 10.0. The molecule has 0 amide bonds. The number of carboxylic acids is 1. The molecule has 0 radical (unpaired) electrons. The van der Waals surface area contributed by atoms with Crippen LogP contribution in [0.25, 0.3) is 0 Å². The molecule has 22 heavy (non-hydrogen) atoms. The number of aliphatic hydroxyl groups excluding tert-OH is 1. The minimum atomic E-state index is -0.965. The maximum Gasteiger partial charge on any atom is 0.352 e. The van der Waals surface area contributed by atoms with Crippen LogP contribution in [-0.4, -0.2) is 31.7 Å². The van der Waals surface area contributed by atoms with E-state index in [-0.39, 0.29) is 12.3 Å². The zero-order valence-electron chi connectivity index (χ0n) is 12.3. The first-order chi connectivity index (χ1) is 10.6. The van der Waals surface area contributed by atoms with Gasteiger partial charge in [0.1, 0.15) is 5.69 Å². The van der Waals surface area contributed by atoms with Crippen LogP contribution in [0.1, 0.15) is 27.3 Å². The van der Waals surface area contributed by atoms with Gasteiger partial charge in [-0.25, -0.2) is 9.10 Å². The third-order valence-corrected chi connectivity index (χ3v) is 5.03. The predicted octanol–water partition coefficient (Wildman–Crippen LogP) is 2.51. The zero-order valence-corrected chi connectivity index (χ0v) is 13.1. The highest BCUT2D eigenvalue weighted by atomic mass is 32.2. The number of aromatic carboxylic acids is 1. The fourth-order valence-electron chi connectivity index (χ4n) is 2.78. The van der Waals surface area contributed by atoms with Crippen molar-refractivity contribution in [2.24, 2.45) is 0 Å². The van der Waals surface area contributed by atoms with E-state index in [4.69, 9.17) is 5.11 Å². The Morgan fingerprint density at radius 3 is 2.45 bits per heavy atom. The van der Waals surface area contributed by atoms with Crippen molar-refractivity contribution in [3.8, 4) is 0 Å². The van der Waals surface area contributed by atoms with E-state index in [0.29, 0.717) is 6.54 Å². The number of fused-ring (bicyclic) bond motifs is 1. The van der Waals surface area contributed by atoms with Crippen molar-refractivity contribution in [1.29, 1.82) is 0 Å². The lowest BCUT2D eigenvalue weighted by molar-refractivity contribution is 0.0683. The molecule has 6 heteroatoms. The second-order valence-electron chi connectivity index (χ2n) is 5.32. The third kappa shape index (κ3) is 2.77. The van der Waals surface area contributed by atoms with Gasteiger partial charge in [0.05, 0.1) is 6.61 Å². The fourth-order valence-corrected chi connectivity index (χ4v) is 3.88. The van der Waals surface area contributed by atoms with E-state index in [2.05, 4.69) is 16.4 Å². The van der Waals surface area contributed by atoms with Crippen molar-refractivity contribution in [1.82, 2.24) is 8.87 Å². The Kier molecular flexibility index (Phi) is 4.24. The first kappa shape index (κ1) is 15.1. The molecule has 0 fully saturated rings. The monoisotopic (exact) mass is 318 g/mol. The Morgan fingerprint density at radius 1 is 1.27 bits per heavy atom. The summed E-state index contributed by atoms with van der Waals surface area (Å²) in [5.74, 6) is -0.965. The van der Waals surface area contributed by atoms with Crippen LogP contribution in [0.15, 0.2) is 35.2 Å². The molecule has 0 saturated carbocycles. The molecule has 2 heterocycles. The Balaban J connectivity index is 1.82. The van der Waals surface area contributed by atoms with Crippen molar-refractivity contribution in [2.75, 3.05) is 6.61 Å². The summed E-state index contributed by atoms with van der Waals surface area (Å²) in [6.07, 6.45) is 0. The fraction of sp³-hybridized carbons (Fsp3) is 0.312. The van der Waals surface area contributed by atoms with Crippen LogP contribution in [0.4, 0.5) is 0 Å². The van der Waals surface area contributed by atoms with Crippen LogP contribution in [0.5, 0.6) is 0 Å². The SMILES string of the molecule is Cc1c(SN2Cc3ccccc3C2)cc(C(=O)O)n1CCO. The van der Waals surface area contributed by atoms with Crippen LogP contribution in [0, 0.1) is 6.92 Å². The van der Waals surface area contributed by atoms with Crippen molar-refractivity contribution in [2.45, 2.75) is 31.5 Å². The van der Waals surface area contributed by atoms with E-state index in [9.17, 15) is 9.90 Å². The highest BCUT2D eigenvalue weighted by molar-refractivity contribution is 7.97. The van der Waals surface area contributed by atoms with Gasteiger partial charge < -0.3 is 14.8 Å². The number of hydrogen-bond acceptors (Lipinski definition) is 4. The molecule has 0 aliphatic carbocycles. The molecule has 1 aliphatic rings. The van der Waals surface area contributed by atoms with Crippen LogP contribution >= 0.6 is 11.9 Å². The summed E-state index contributed by atoms with van der Waals surface area (Å²) in [7, 11) is 0. The normalized spacial score (nSPS) is 14.3. The molecule has 5 nitrogen and oxygen atoms in total. The van der Waals surface area contributed by atoms with E-state index < -0.39 is 5.97 Å². The molecule has 2 N–H and O–H groups in total. The third-order valence-electron chi connectivity index (χ3n) is 3.90. The molecule has 3 rings (SSSR count). The van der Waals surface area contributed by atoms with E-state index in [1.54, 1.807) is 22.6 Å². The number of benzene rings is 1. The summed E-state index contributed by atoms with van der Waals surface area (Å²) in [4.78, 5) is 12.3. The second kappa shape index (κ2) is 6.16. The van der Waals surface area contributed by atoms with Gasteiger partial charge in [-0.15, -0.1) is 0 Å². The van der Waals surface area contributed by atoms with Gasteiger partial charge in [-0.1, -0.05) is 24.3 Å². The first-order valence-electron chi connectivity index (χ1n) is 7.14. The molecule has 0 unspecified atom stereocenters. The second-order valence-corrected chi connectivity index (χ2v) is 6.46. The number of aliphatic hydroxyl groups is 1. The molecule has 1 aromatic carbocycles. The molecular formula is C16H18N2O3S. The Labute approximate surface area is 133 Å². The molecule has 2 aromatic rings. The van der Waals surface area contributed by atoms with Gasteiger partial charge in [-0.3, -0.25) is 0 Å². The molecule has 0 bridgehead atoms. The lowest BCUT2D eigenvalue weighted by atomic mass is 10.1. The van der Waals surface area contributed by atoms with Crippen molar-refractivity contribution in [3.05, 3.63) is 52.8 Å². The standard InChI is InChI=1S/C16H18N2O3S/c1-11-15(8-14(16(20)21)18(11)6-7-19)22-17-9-12-4-2-3-5-13(12)10-17/h2-5,8,19H,6-7,9-10H2,1H3,(H,20,21). The van der Waals surface area contributed by atoms with Crippen LogP contribution in [0.3, 0.4) is 0 Å². The highest BCUT2D eigenvalue weighted by Gasteiger charge is 2.23. The van der Waals surface area contributed by atoms with E-state index in [1.807, 2.05) is 19.1 Å². The Bertz CT molecular complexity index is 686. The van der Waals surface area contributed by atoms with Gasteiger partial charge >= 0.3 is 5.97 Å². The molecule has 116 valence electrons. The molecule has 0 saturated heterocycles. The van der Waals surface area contributed by atoms with Crippen LogP contribution in [-0.2, 0) is 19.6 Å². The lowest BCUT2D eigenvalue weighted by Crippen LogP contribution is -2.12. The average Bonchev–Trinajstić information content (AvgIpc) is 3.03. The van der Waals surface area contributed by atoms with Crippen molar-refractivity contribution < 1.29 is 15.0 Å². The van der Waals surface area contributed by atoms with Gasteiger partial charge in [0.25, 0.3) is 0 Å². The van der Waals surface area contributed by atoms with Crippen LogP contribution in [0.2, 0.25) is 0 Å². The summed E-state index contributed by atoms with van der Waals surface area (Å²) in [5, 5.41) is 18.4. The highest BCUT2D eigenvalue weighted by Crippen LogP contribution is 2.35. The van der Waals surface area contributed by atoms with Gasteiger partial charge in [0.15, 0.2) is 0 Å². The lowest BCUT2D eigenvalue weighted by Gasteiger charge is -2.13. The minimum Gasteiger partial charge on any atom is -0.477 e. The minimum absolute atomic E-state index is 0.0743. The van der Waals surface area contributed by atoms with Gasteiger partial charge in [0, 0.05) is 30.2 Å². The zero-order chi connectivity index (χ0) is 15.7. The smallest absolute Gasteiger partial charge is 0.352 e. The quantitative estimate of drug-likeness (QED) is 0.829. The number of carbonyl (C=O) groups is 1. The molecule has 1 aromatic heterocycles. The molecular weight excluding hydrogens is 300 g/mol. The Hall–Kier alpha value is -1.76. The largest absolute Gasteiger partial charge is 0.477 e. The summed E-state index contributed by atoms with van der Waals surface area (Å²) < 4.78 is 3.88. The van der Waals surface area contributed by atoms with E-state index in [0.717, 1.165) is 23.7 Å². The summed E-state index contributed by atoms with van der Waals surface area (Å²) in [6.45, 7) is 3.83. The van der Waals surface area contributed by atoms with Crippen LogP contribution < -0.4 is 0 Å². The molecule has 1 aliphatic heterocycles. The van der Waals surface area contributed by atoms with E-state index >= 15 is 0 Å². The van der Waals surface area contributed by atoms with E-state index in [1.165, 1.54) is 11.1 Å². The maximum absolute atomic E-state index is 11.4. The Morgan fingerprint density at radius 2 is 1.91 bits per heavy atom. The maximum atomic E-state index is 11.4. The number of aromatic nitrogens is 1. The van der Waals surface area contributed by atoms with Crippen molar-refractivity contribution in [3.63, 3.8) is 0 Å². The number of hydrogen-bond donors (Lipinski definition) is 2. The van der Waals surface area contributed by atoms with Gasteiger partial charge in [0.2, 0.25) is 0 Å². The number of rotatable bonds is 5. The topological polar surface area (TPSA) is 65.7 Å². The number of nitrogens with zero attached hydrogens (tertiary/aromatic N) is 2. The average molecular weight is 318 g/mol. The van der Waals surface area contributed by atoms with Gasteiger partial charge in [-0.05, 0) is 36.1 Å². The predicted molar refractivity (Wildman–Crippen MR) is 84.8 cm³/mol. The summed E-state index contributed by atoms with van der Waals surface area (Å²) in [5.41, 5.74) is 3.75. The first-order valence-corrected chi connectivity index (χ1v) is 7.91. The summed E-state index contributed by atoms with van der Waals surface area (Å²) >= 11 is 1.58. The number of carboxylic acid groups (broad SMARTS) is 1.